The third-order valence-electron chi connectivity index (χ3n) is 2.20. The van der Waals surface area contributed by atoms with Crippen LogP contribution in [0.2, 0.25) is 0 Å². The minimum absolute atomic E-state index is 0.0931. The van der Waals surface area contributed by atoms with Gasteiger partial charge in [-0.05, 0) is 13.3 Å². The molecule has 3 nitrogen and oxygen atoms in total. The highest BCUT2D eigenvalue weighted by Crippen LogP contribution is 2.22. The molecule has 0 fully saturated rings. The van der Waals surface area contributed by atoms with Crippen LogP contribution in [0, 0.1) is 6.92 Å². The van der Waals surface area contributed by atoms with Crippen LogP contribution in [-0.4, -0.2) is 5.11 Å². The molecule has 1 heterocycles. The molecule has 1 rings (SSSR count). The summed E-state index contributed by atoms with van der Waals surface area (Å²) in [6.45, 7) is 5.46. The van der Waals surface area contributed by atoms with Gasteiger partial charge in [0.1, 0.15) is 11.5 Å². The van der Waals surface area contributed by atoms with Gasteiger partial charge in [0.2, 0.25) is 0 Å². The van der Waals surface area contributed by atoms with Gasteiger partial charge in [0.15, 0.2) is 0 Å². The van der Waals surface area contributed by atoms with E-state index >= 15 is 0 Å². The van der Waals surface area contributed by atoms with Crippen LogP contribution in [0.1, 0.15) is 30.7 Å². The standard InChI is InChI=1S/C10H14O3/c1-4-7-9(11)6(3)8(5-2)13-10(7)12/h11H,4-5H2,1-3H3. The van der Waals surface area contributed by atoms with E-state index in [1.54, 1.807) is 6.92 Å². The summed E-state index contributed by atoms with van der Waals surface area (Å²) in [7, 11) is 0. The Morgan fingerprint density at radius 2 is 1.92 bits per heavy atom. The summed E-state index contributed by atoms with van der Waals surface area (Å²) in [5, 5.41) is 9.63. The zero-order valence-electron chi connectivity index (χ0n) is 8.18. The summed E-state index contributed by atoms with van der Waals surface area (Å²) < 4.78 is 5.04. The van der Waals surface area contributed by atoms with E-state index in [0.29, 0.717) is 29.7 Å². The summed E-state index contributed by atoms with van der Waals surface area (Å²) in [5.41, 5.74) is 0.635. The van der Waals surface area contributed by atoms with Crippen molar-refractivity contribution < 1.29 is 9.52 Å². The van der Waals surface area contributed by atoms with Gasteiger partial charge in [-0.2, -0.15) is 0 Å². The van der Waals surface area contributed by atoms with Crippen LogP contribution in [0.25, 0.3) is 0 Å². The third-order valence-corrected chi connectivity index (χ3v) is 2.20. The molecular formula is C10H14O3. The Balaban J connectivity index is 3.46. The van der Waals surface area contributed by atoms with Crippen LogP contribution in [0.3, 0.4) is 0 Å². The fraction of sp³-hybridized carbons (Fsp3) is 0.500. The molecule has 3 heteroatoms. The Bertz CT molecular complexity index is 363. The van der Waals surface area contributed by atoms with Crippen LogP contribution < -0.4 is 5.63 Å². The van der Waals surface area contributed by atoms with E-state index in [1.165, 1.54) is 0 Å². The summed E-state index contributed by atoms with van der Waals surface area (Å²) in [6, 6.07) is 0. The number of aromatic hydroxyl groups is 1. The summed E-state index contributed by atoms with van der Waals surface area (Å²) in [5.74, 6) is 0.662. The second-order valence-electron chi connectivity index (χ2n) is 2.97. The van der Waals surface area contributed by atoms with Gasteiger partial charge in [0, 0.05) is 12.0 Å². The van der Waals surface area contributed by atoms with Gasteiger partial charge >= 0.3 is 5.63 Å². The first kappa shape index (κ1) is 9.84. The maximum absolute atomic E-state index is 11.3. The Morgan fingerprint density at radius 1 is 1.31 bits per heavy atom. The lowest BCUT2D eigenvalue weighted by atomic mass is 10.1. The molecule has 0 saturated carbocycles. The van der Waals surface area contributed by atoms with E-state index in [0.717, 1.165) is 0 Å². The Hall–Kier alpha value is -1.25. The first-order valence-corrected chi connectivity index (χ1v) is 4.46. The van der Waals surface area contributed by atoms with Crippen molar-refractivity contribution in [2.24, 2.45) is 0 Å². The van der Waals surface area contributed by atoms with Crippen LogP contribution in [-0.2, 0) is 12.8 Å². The normalized spacial score (nSPS) is 10.4. The Kier molecular flexibility index (Phi) is 2.76. The molecule has 0 amide bonds. The summed E-state index contributed by atoms with van der Waals surface area (Å²) >= 11 is 0. The van der Waals surface area contributed by atoms with Gasteiger partial charge < -0.3 is 9.52 Å². The van der Waals surface area contributed by atoms with Crippen LogP contribution in [0.15, 0.2) is 9.21 Å². The first-order chi connectivity index (χ1) is 6.11. The molecule has 13 heavy (non-hydrogen) atoms. The van der Waals surface area contributed by atoms with Crippen molar-refractivity contribution in [3.8, 4) is 5.75 Å². The minimum Gasteiger partial charge on any atom is -0.507 e. The van der Waals surface area contributed by atoms with E-state index in [9.17, 15) is 9.90 Å². The molecule has 0 saturated heterocycles. The molecule has 0 bridgehead atoms. The first-order valence-electron chi connectivity index (χ1n) is 4.46. The maximum Gasteiger partial charge on any atom is 0.342 e. The van der Waals surface area contributed by atoms with Crippen LogP contribution >= 0.6 is 0 Å². The SMILES string of the molecule is CCc1oc(=O)c(CC)c(O)c1C. The van der Waals surface area contributed by atoms with E-state index < -0.39 is 5.63 Å². The largest absolute Gasteiger partial charge is 0.507 e. The van der Waals surface area contributed by atoms with Crippen LogP contribution in [0.4, 0.5) is 0 Å². The number of hydrogen-bond acceptors (Lipinski definition) is 3. The van der Waals surface area contributed by atoms with Crippen LogP contribution in [0.5, 0.6) is 5.75 Å². The molecular weight excluding hydrogens is 168 g/mol. The predicted octanol–water partition coefficient (Wildman–Crippen LogP) is 1.78. The second kappa shape index (κ2) is 3.64. The van der Waals surface area contributed by atoms with Crippen molar-refractivity contribution in [3.05, 3.63) is 27.3 Å². The average Bonchev–Trinajstić information content (AvgIpc) is 2.12. The molecule has 0 radical (unpaired) electrons. The fourth-order valence-corrected chi connectivity index (χ4v) is 1.35. The van der Waals surface area contributed by atoms with Gasteiger partial charge in [-0.1, -0.05) is 13.8 Å². The molecule has 0 aliphatic rings. The molecule has 1 aromatic rings. The Labute approximate surface area is 77.0 Å². The lowest BCUT2D eigenvalue weighted by Gasteiger charge is -2.06. The van der Waals surface area contributed by atoms with Crippen molar-refractivity contribution in [3.63, 3.8) is 0 Å². The summed E-state index contributed by atoms with van der Waals surface area (Å²) in [4.78, 5) is 11.3. The summed E-state index contributed by atoms with van der Waals surface area (Å²) in [6.07, 6.45) is 1.12. The molecule has 0 spiro atoms. The van der Waals surface area contributed by atoms with E-state index in [1.807, 2.05) is 13.8 Å². The quantitative estimate of drug-likeness (QED) is 0.758. The Morgan fingerprint density at radius 3 is 2.38 bits per heavy atom. The molecule has 0 aliphatic carbocycles. The highest BCUT2D eigenvalue weighted by Gasteiger charge is 2.13. The van der Waals surface area contributed by atoms with Crippen molar-refractivity contribution >= 4 is 0 Å². The van der Waals surface area contributed by atoms with Gasteiger partial charge in [-0.15, -0.1) is 0 Å². The van der Waals surface area contributed by atoms with E-state index in [2.05, 4.69) is 0 Å². The smallest absolute Gasteiger partial charge is 0.342 e. The molecule has 0 atom stereocenters. The number of hydrogen-bond donors (Lipinski definition) is 1. The van der Waals surface area contributed by atoms with Gasteiger partial charge in [0.05, 0.1) is 5.56 Å². The third kappa shape index (κ3) is 1.59. The second-order valence-corrected chi connectivity index (χ2v) is 2.97. The maximum atomic E-state index is 11.3. The lowest BCUT2D eigenvalue weighted by molar-refractivity contribution is 0.409. The average molecular weight is 182 g/mol. The van der Waals surface area contributed by atoms with Crippen molar-refractivity contribution in [2.75, 3.05) is 0 Å². The molecule has 0 unspecified atom stereocenters. The van der Waals surface area contributed by atoms with Crippen molar-refractivity contribution in [1.29, 1.82) is 0 Å². The molecule has 1 N–H and O–H groups in total. The molecule has 0 aromatic carbocycles. The van der Waals surface area contributed by atoms with Crippen molar-refractivity contribution in [1.82, 2.24) is 0 Å². The van der Waals surface area contributed by atoms with E-state index in [4.69, 9.17) is 4.42 Å². The fourth-order valence-electron chi connectivity index (χ4n) is 1.35. The number of aryl methyl sites for hydroxylation is 1. The van der Waals surface area contributed by atoms with Crippen molar-refractivity contribution in [2.45, 2.75) is 33.6 Å². The minimum atomic E-state index is -0.414. The molecule has 0 aliphatic heterocycles. The molecule has 72 valence electrons. The topological polar surface area (TPSA) is 50.4 Å². The van der Waals surface area contributed by atoms with Gasteiger partial charge in [-0.25, -0.2) is 4.79 Å². The monoisotopic (exact) mass is 182 g/mol. The highest BCUT2D eigenvalue weighted by molar-refractivity contribution is 5.38. The van der Waals surface area contributed by atoms with Gasteiger partial charge in [0.25, 0.3) is 0 Å². The highest BCUT2D eigenvalue weighted by atomic mass is 16.4. The zero-order chi connectivity index (χ0) is 10.0. The number of rotatable bonds is 2. The lowest BCUT2D eigenvalue weighted by Crippen LogP contribution is -2.09. The zero-order valence-corrected chi connectivity index (χ0v) is 8.18. The van der Waals surface area contributed by atoms with E-state index in [-0.39, 0.29) is 5.75 Å². The molecule has 1 aromatic heterocycles. The van der Waals surface area contributed by atoms with Gasteiger partial charge in [-0.3, -0.25) is 0 Å². The predicted molar refractivity (Wildman–Crippen MR) is 50.1 cm³/mol.